The highest BCUT2D eigenvalue weighted by Gasteiger charge is 2.24. The van der Waals surface area contributed by atoms with E-state index in [0.717, 1.165) is 24.4 Å². The monoisotopic (exact) mass is 482 g/mol. The molecule has 0 radical (unpaired) electrons. The summed E-state index contributed by atoms with van der Waals surface area (Å²) in [5.74, 6) is -1.32. The van der Waals surface area contributed by atoms with Gasteiger partial charge in [-0.15, -0.1) is 0 Å². The van der Waals surface area contributed by atoms with E-state index in [1.807, 2.05) is 19.9 Å². The van der Waals surface area contributed by atoms with Crippen LogP contribution in [0.2, 0.25) is 0 Å². The number of aromatic nitrogens is 1. The van der Waals surface area contributed by atoms with E-state index in [2.05, 4.69) is 16.8 Å². The van der Waals surface area contributed by atoms with E-state index in [-0.39, 0.29) is 22.8 Å². The second-order valence-corrected chi connectivity index (χ2v) is 7.90. The van der Waals surface area contributed by atoms with Gasteiger partial charge >= 0.3 is 5.97 Å². The third-order valence-electron chi connectivity index (χ3n) is 5.37. The Balaban J connectivity index is 1.70. The van der Waals surface area contributed by atoms with Crippen molar-refractivity contribution in [1.29, 1.82) is 5.26 Å². The van der Waals surface area contributed by atoms with Gasteiger partial charge < -0.3 is 24.1 Å². The number of benzene rings is 1. The standard InChI is InChI=1S/C24H26N4O7/c1-4-6-27-15(2)9-17(16(27)3)10-18(13-25)24(30)35-14-23(29)26-19-11-21-22(12-20(19)28(31)32)34-8-5-7-33-21/h9-12H,4-8,14H2,1-3H3,(H,26,29)/b18-10+. The minimum absolute atomic E-state index is 0.125. The van der Waals surface area contributed by atoms with Gasteiger partial charge in [-0.25, -0.2) is 4.79 Å². The molecule has 1 aliphatic heterocycles. The molecule has 2 aromatic rings. The van der Waals surface area contributed by atoms with E-state index in [0.29, 0.717) is 25.2 Å². The Kier molecular flexibility index (Phi) is 8.09. The van der Waals surface area contributed by atoms with E-state index in [1.54, 1.807) is 6.07 Å². The molecule has 0 bridgehead atoms. The average Bonchev–Trinajstić information content (AvgIpc) is 2.97. The number of carbonyl (C=O) groups is 2. The van der Waals surface area contributed by atoms with Crippen LogP contribution in [-0.2, 0) is 20.9 Å². The molecule has 2 heterocycles. The maximum atomic E-state index is 12.4. The molecule has 1 amide bonds. The van der Waals surface area contributed by atoms with Crippen molar-refractivity contribution in [2.24, 2.45) is 0 Å². The quantitative estimate of drug-likeness (QED) is 0.197. The molecule has 1 N–H and O–H groups in total. The molecular weight excluding hydrogens is 456 g/mol. The van der Waals surface area contributed by atoms with Gasteiger partial charge in [0.2, 0.25) is 0 Å². The minimum atomic E-state index is -0.976. The highest BCUT2D eigenvalue weighted by atomic mass is 16.6. The zero-order valence-electron chi connectivity index (χ0n) is 19.8. The fourth-order valence-electron chi connectivity index (χ4n) is 3.68. The first-order valence-corrected chi connectivity index (χ1v) is 11.1. The van der Waals surface area contributed by atoms with Crippen LogP contribution in [0.25, 0.3) is 6.08 Å². The lowest BCUT2D eigenvalue weighted by Gasteiger charge is -2.11. The third-order valence-corrected chi connectivity index (χ3v) is 5.37. The van der Waals surface area contributed by atoms with Crippen LogP contribution in [0.3, 0.4) is 0 Å². The van der Waals surface area contributed by atoms with Gasteiger partial charge in [0.1, 0.15) is 17.3 Å². The number of fused-ring (bicyclic) bond motifs is 1. The van der Waals surface area contributed by atoms with Crippen molar-refractivity contribution in [3.05, 3.63) is 50.8 Å². The Labute approximate surface area is 202 Å². The second-order valence-electron chi connectivity index (χ2n) is 7.90. The molecule has 3 rings (SSSR count). The van der Waals surface area contributed by atoms with Crippen LogP contribution in [0.1, 0.15) is 36.7 Å². The first-order valence-electron chi connectivity index (χ1n) is 11.1. The van der Waals surface area contributed by atoms with Crippen molar-refractivity contribution in [1.82, 2.24) is 4.57 Å². The number of hydrogen-bond acceptors (Lipinski definition) is 8. The Bertz CT molecular complexity index is 1220. The van der Waals surface area contributed by atoms with Gasteiger partial charge in [-0.3, -0.25) is 14.9 Å². The fraction of sp³-hybridized carbons (Fsp3) is 0.375. The smallest absolute Gasteiger partial charge is 0.349 e. The summed E-state index contributed by atoms with van der Waals surface area (Å²) >= 11 is 0. The van der Waals surface area contributed by atoms with Crippen LogP contribution in [-0.4, -0.2) is 41.2 Å². The average molecular weight is 482 g/mol. The lowest BCUT2D eigenvalue weighted by atomic mass is 10.1. The van der Waals surface area contributed by atoms with Crippen LogP contribution < -0.4 is 14.8 Å². The molecule has 11 heteroatoms. The third kappa shape index (κ3) is 5.97. The Morgan fingerprint density at radius 1 is 1.26 bits per heavy atom. The highest BCUT2D eigenvalue weighted by molar-refractivity contribution is 6.00. The van der Waals surface area contributed by atoms with E-state index in [4.69, 9.17) is 14.2 Å². The number of nitrogens with one attached hydrogen (secondary N) is 1. The number of nitro groups is 1. The van der Waals surface area contributed by atoms with Gasteiger partial charge in [-0.05, 0) is 38.0 Å². The number of nitro benzene ring substituents is 1. The Morgan fingerprint density at radius 3 is 2.57 bits per heavy atom. The topological polar surface area (TPSA) is 146 Å². The first-order chi connectivity index (χ1) is 16.7. The molecule has 0 atom stereocenters. The summed E-state index contributed by atoms with van der Waals surface area (Å²) in [4.78, 5) is 35.6. The van der Waals surface area contributed by atoms with Crippen molar-refractivity contribution in [2.75, 3.05) is 25.1 Å². The van der Waals surface area contributed by atoms with Gasteiger partial charge in [0.25, 0.3) is 11.6 Å². The van der Waals surface area contributed by atoms with Crippen molar-refractivity contribution in [3.63, 3.8) is 0 Å². The molecule has 11 nitrogen and oxygen atoms in total. The van der Waals surface area contributed by atoms with E-state index in [9.17, 15) is 25.0 Å². The summed E-state index contributed by atoms with van der Waals surface area (Å²) in [5.41, 5.74) is 1.82. The number of nitrogens with zero attached hydrogens (tertiary/aromatic N) is 3. The second kappa shape index (κ2) is 11.2. The highest BCUT2D eigenvalue weighted by Crippen LogP contribution is 2.39. The fourth-order valence-corrected chi connectivity index (χ4v) is 3.68. The lowest BCUT2D eigenvalue weighted by Crippen LogP contribution is -2.22. The molecule has 0 saturated carbocycles. The largest absolute Gasteiger partial charge is 0.489 e. The van der Waals surface area contributed by atoms with Crippen molar-refractivity contribution in [3.8, 4) is 17.6 Å². The van der Waals surface area contributed by atoms with Gasteiger partial charge in [0.15, 0.2) is 18.1 Å². The molecule has 1 aliphatic rings. The number of carbonyl (C=O) groups excluding carboxylic acids is 2. The van der Waals surface area contributed by atoms with Crippen LogP contribution in [0.4, 0.5) is 11.4 Å². The van der Waals surface area contributed by atoms with E-state index < -0.39 is 29.1 Å². The maximum Gasteiger partial charge on any atom is 0.349 e. The molecule has 0 spiro atoms. The van der Waals surface area contributed by atoms with Crippen LogP contribution in [0.5, 0.6) is 11.5 Å². The molecule has 184 valence electrons. The predicted molar refractivity (Wildman–Crippen MR) is 126 cm³/mol. The van der Waals surface area contributed by atoms with Gasteiger partial charge in [-0.2, -0.15) is 5.26 Å². The summed E-state index contributed by atoms with van der Waals surface area (Å²) < 4.78 is 18.0. The molecule has 0 saturated heterocycles. The van der Waals surface area contributed by atoms with Crippen molar-refractivity contribution >= 4 is 29.3 Å². The summed E-state index contributed by atoms with van der Waals surface area (Å²) in [6.07, 6.45) is 2.96. The van der Waals surface area contributed by atoms with Crippen molar-refractivity contribution < 1.29 is 28.7 Å². The summed E-state index contributed by atoms with van der Waals surface area (Å²) in [7, 11) is 0. The number of aryl methyl sites for hydroxylation is 1. The molecule has 1 aromatic carbocycles. The molecule has 1 aromatic heterocycles. The lowest BCUT2D eigenvalue weighted by molar-refractivity contribution is -0.384. The maximum absolute atomic E-state index is 12.4. The SMILES string of the molecule is CCCn1c(C)cc(/C=C(\C#N)C(=O)OCC(=O)Nc2cc3c(cc2[N+](=O)[O-])OCCCO3)c1C. The first kappa shape index (κ1) is 25.3. The van der Waals surface area contributed by atoms with Gasteiger partial charge in [-0.1, -0.05) is 6.92 Å². The van der Waals surface area contributed by atoms with Crippen LogP contribution in [0, 0.1) is 35.3 Å². The molecule has 0 aliphatic carbocycles. The minimum Gasteiger partial charge on any atom is -0.489 e. The number of nitriles is 1. The Hall–Kier alpha value is -4.33. The predicted octanol–water partition coefficient (Wildman–Crippen LogP) is 3.67. The van der Waals surface area contributed by atoms with E-state index >= 15 is 0 Å². The summed E-state index contributed by atoms with van der Waals surface area (Å²) in [5, 5.41) is 23.3. The van der Waals surface area contributed by atoms with Gasteiger partial charge in [0, 0.05) is 30.4 Å². The number of amides is 1. The van der Waals surface area contributed by atoms with Crippen molar-refractivity contribution in [2.45, 2.75) is 40.2 Å². The molecule has 35 heavy (non-hydrogen) atoms. The Morgan fingerprint density at radius 2 is 1.94 bits per heavy atom. The molecule has 0 unspecified atom stereocenters. The number of ether oxygens (including phenoxy) is 3. The number of esters is 1. The summed E-state index contributed by atoms with van der Waals surface area (Å²) in [6.45, 7) is 6.67. The molecular formula is C24H26N4O7. The zero-order chi connectivity index (χ0) is 25.5. The van der Waals surface area contributed by atoms with Gasteiger partial charge in [0.05, 0.1) is 24.2 Å². The van der Waals surface area contributed by atoms with Crippen LogP contribution in [0.15, 0.2) is 23.8 Å². The number of hydrogen-bond donors (Lipinski definition) is 1. The number of rotatable bonds is 8. The normalized spacial score (nSPS) is 12.9. The summed E-state index contributed by atoms with van der Waals surface area (Å²) in [6, 6.07) is 6.14. The molecule has 0 fully saturated rings. The zero-order valence-corrected chi connectivity index (χ0v) is 19.8. The van der Waals surface area contributed by atoms with Crippen LogP contribution >= 0.6 is 0 Å². The number of anilines is 1. The van der Waals surface area contributed by atoms with E-state index in [1.165, 1.54) is 18.2 Å².